The van der Waals surface area contributed by atoms with E-state index in [1.165, 1.54) is 0 Å². The first-order chi connectivity index (χ1) is 6.66. The molecular formula is C10H14O4. The number of esters is 2. The fraction of sp³-hybridized carbons (Fsp3) is 0.800. The highest BCUT2D eigenvalue weighted by atomic mass is 16.6. The average Bonchev–Trinajstić information content (AvgIpc) is 2.43. The number of hydrogen-bond donors (Lipinski definition) is 0. The molecule has 4 nitrogen and oxygen atoms in total. The molecule has 0 atom stereocenters. The van der Waals surface area contributed by atoms with Gasteiger partial charge in [0.05, 0.1) is 17.9 Å². The summed E-state index contributed by atoms with van der Waals surface area (Å²) in [4.78, 5) is 22.5. The minimum atomic E-state index is -0.508. The van der Waals surface area contributed by atoms with Crippen LogP contribution in [0.3, 0.4) is 0 Å². The second-order valence-corrected chi connectivity index (χ2v) is 4.15. The van der Waals surface area contributed by atoms with E-state index in [1.54, 1.807) is 7.11 Å². The molecule has 78 valence electrons. The van der Waals surface area contributed by atoms with Crippen LogP contribution < -0.4 is 0 Å². The minimum absolute atomic E-state index is 0.240. The van der Waals surface area contributed by atoms with Crippen LogP contribution in [-0.2, 0) is 19.1 Å². The molecule has 1 saturated carbocycles. The Balaban J connectivity index is 2.05. The largest absolute Gasteiger partial charge is 0.393 e. The van der Waals surface area contributed by atoms with Gasteiger partial charge >= 0.3 is 11.9 Å². The van der Waals surface area contributed by atoms with Gasteiger partial charge in [-0.3, -0.25) is 9.59 Å². The van der Waals surface area contributed by atoms with Crippen LogP contribution in [0.25, 0.3) is 0 Å². The van der Waals surface area contributed by atoms with Gasteiger partial charge in [0.15, 0.2) is 0 Å². The van der Waals surface area contributed by atoms with Crippen molar-refractivity contribution in [1.82, 2.24) is 0 Å². The Kier molecular flexibility index (Phi) is 2.31. The van der Waals surface area contributed by atoms with Crippen LogP contribution in [0.2, 0.25) is 0 Å². The van der Waals surface area contributed by atoms with Gasteiger partial charge in [0, 0.05) is 7.11 Å². The number of ether oxygens (including phenoxy) is 2. The first-order valence-corrected chi connectivity index (χ1v) is 4.94. The van der Waals surface area contributed by atoms with E-state index in [0.29, 0.717) is 0 Å². The highest BCUT2D eigenvalue weighted by Crippen LogP contribution is 2.44. The van der Waals surface area contributed by atoms with Crippen LogP contribution in [0.1, 0.15) is 32.1 Å². The molecule has 2 fully saturated rings. The van der Waals surface area contributed by atoms with Crippen molar-refractivity contribution in [1.29, 1.82) is 0 Å². The first kappa shape index (κ1) is 9.65. The Morgan fingerprint density at radius 3 is 2.43 bits per heavy atom. The molecule has 0 amide bonds. The highest BCUT2D eigenvalue weighted by Gasteiger charge is 2.50. The van der Waals surface area contributed by atoms with Crippen LogP contribution in [0.5, 0.6) is 0 Å². The quantitative estimate of drug-likeness (QED) is 0.466. The third-order valence-electron chi connectivity index (χ3n) is 3.35. The summed E-state index contributed by atoms with van der Waals surface area (Å²) in [6.07, 6.45) is 3.63. The Morgan fingerprint density at radius 2 is 2.00 bits per heavy atom. The van der Waals surface area contributed by atoms with E-state index < -0.39 is 5.41 Å². The van der Waals surface area contributed by atoms with Gasteiger partial charge in [-0.05, 0) is 25.7 Å². The van der Waals surface area contributed by atoms with Crippen molar-refractivity contribution in [3.63, 3.8) is 0 Å². The molecule has 1 aliphatic carbocycles. The van der Waals surface area contributed by atoms with E-state index in [-0.39, 0.29) is 24.5 Å². The first-order valence-electron chi connectivity index (χ1n) is 4.94. The van der Waals surface area contributed by atoms with Gasteiger partial charge in [0.1, 0.15) is 0 Å². The van der Waals surface area contributed by atoms with Crippen LogP contribution in [-0.4, -0.2) is 25.2 Å². The molecule has 0 unspecified atom stereocenters. The van der Waals surface area contributed by atoms with Gasteiger partial charge in [-0.2, -0.15) is 0 Å². The summed E-state index contributed by atoms with van der Waals surface area (Å²) in [7, 11) is 1.68. The molecule has 0 N–H and O–H groups in total. The van der Waals surface area contributed by atoms with Crippen molar-refractivity contribution in [3.05, 3.63) is 0 Å². The SMILES string of the molecule is COC1CCC2(CC1)CC(=O)OC2=O. The van der Waals surface area contributed by atoms with Gasteiger partial charge in [-0.1, -0.05) is 0 Å². The number of cyclic esters (lactones) is 2. The zero-order valence-electron chi connectivity index (χ0n) is 8.25. The maximum Gasteiger partial charge on any atom is 0.320 e. The second-order valence-electron chi connectivity index (χ2n) is 4.15. The van der Waals surface area contributed by atoms with E-state index in [9.17, 15) is 9.59 Å². The average molecular weight is 198 g/mol. The molecule has 2 aliphatic rings. The Labute approximate surface area is 82.6 Å². The van der Waals surface area contributed by atoms with Crippen LogP contribution in [0.15, 0.2) is 0 Å². The topological polar surface area (TPSA) is 52.6 Å². The number of methoxy groups -OCH3 is 1. The lowest BCUT2D eigenvalue weighted by Crippen LogP contribution is -2.34. The monoisotopic (exact) mass is 198 g/mol. The third-order valence-corrected chi connectivity index (χ3v) is 3.35. The lowest BCUT2D eigenvalue weighted by atomic mass is 9.72. The fourth-order valence-electron chi connectivity index (χ4n) is 2.36. The van der Waals surface area contributed by atoms with Crippen LogP contribution in [0, 0.1) is 5.41 Å². The maximum atomic E-state index is 11.5. The summed E-state index contributed by atoms with van der Waals surface area (Å²) in [5.41, 5.74) is -0.508. The van der Waals surface area contributed by atoms with E-state index in [0.717, 1.165) is 25.7 Å². The normalized spacial score (nSPS) is 37.6. The second kappa shape index (κ2) is 3.35. The summed E-state index contributed by atoms with van der Waals surface area (Å²) in [5.74, 6) is -0.692. The predicted molar refractivity (Wildman–Crippen MR) is 47.4 cm³/mol. The summed E-state index contributed by atoms with van der Waals surface area (Å²) in [6.45, 7) is 0. The molecule has 1 saturated heterocycles. The molecule has 0 aromatic carbocycles. The van der Waals surface area contributed by atoms with Crippen LogP contribution in [0.4, 0.5) is 0 Å². The standard InChI is InChI=1S/C10H14O4/c1-13-7-2-4-10(5-3-7)6-8(11)14-9(10)12/h7H,2-6H2,1H3. The van der Waals surface area contributed by atoms with Crippen molar-refractivity contribution in [2.24, 2.45) is 5.41 Å². The molecule has 2 rings (SSSR count). The van der Waals surface area contributed by atoms with Gasteiger partial charge < -0.3 is 9.47 Å². The Hall–Kier alpha value is -0.900. The third kappa shape index (κ3) is 1.43. The molecular weight excluding hydrogens is 184 g/mol. The van der Waals surface area contributed by atoms with Crippen molar-refractivity contribution in [3.8, 4) is 0 Å². The fourth-order valence-corrected chi connectivity index (χ4v) is 2.36. The van der Waals surface area contributed by atoms with E-state index in [4.69, 9.17) is 4.74 Å². The Bertz CT molecular complexity index is 263. The number of carbonyl (C=O) groups is 2. The summed E-state index contributed by atoms with van der Waals surface area (Å²) in [5, 5.41) is 0. The van der Waals surface area contributed by atoms with Gasteiger partial charge in [-0.25, -0.2) is 0 Å². The van der Waals surface area contributed by atoms with Crippen molar-refractivity contribution in [2.75, 3.05) is 7.11 Å². The molecule has 0 radical (unpaired) electrons. The molecule has 14 heavy (non-hydrogen) atoms. The van der Waals surface area contributed by atoms with Crippen molar-refractivity contribution in [2.45, 2.75) is 38.2 Å². The van der Waals surface area contributed by atoms with Gasteiger partial charge in [-0.15, -0.1) is 0 Å². The van der Waals surface area contributed by atoms with E-state index in [2.05, 4.69) is 4.74 Å². The molecule has 0 bridgehead atoms. The summed E-state index contributed by atoms with van der Waals surface area (Å²) >= 11 is 0. The molecule has 1 heterocycles. The number of carbonyl (C=O) groups excluding carboxylic acids is 2. The van der Waals surface area contributed by atoms with E-state index in [1.807, 2.05) is 0 Å². The molecule has 1 aliphatic heterocycles. The van der Waals surface area contributed by atoms with Gasteiger partial charge in [0.25, 0.3) is 0 Å². The number of hydrogen-bond acceptors (Lipinski definition) is 4. The minimum Gasteiger partial charge on any atom is -0.393 e. The van der Waals surface area contributed by atoms with Crippen LogP contribution >= 0.6 is 0 Å². The lowest BCUT2D eigenvalue weighted by Gasteiger charge is -2.32. The summed E-state index contributed by atoms with van der Waals surface area (Å²) in [6, 6.07) is 0. The van der Waals surface area contributed by atoms with E-state index >= 15 is 0 Å². The molecule has 1 spiro atoms. The zero-order valence-corrected chi connectivity index (χ0v) is 8.25. The summed E-state index contributed by atoms with van der Waals surface area (Å²) < 4.78 is 9.82. The smallest absolute Gasteiger partial charge is 0.320 e. The lowest BCUT2D eigenvalue weighted by molar-refractivity contribution is -0.156. The van der Waals surface area contributed by atoms with Gasteiger partial charge in [0.2, 0.25) is 0 Å². The maximum absolute atomic E-state index is 11.5. The zero-order chi connectivity index (χ0) is 10.2. The Morgan fingerprint density at radius 1 is 1.36 bits per heavy atom. The number of rotatable bonds is 1. The molecule has 0 aromatic heterocycles. The predicted octanol–water partition coefficient (Wildman–Crippen LogP) is 1.04. The van der Waals surface area contributed by atoms with Crippen molar-refractivity contribution < 1.29 is 19.1 Å². The molecule has 0 aromatic rings. The molecule has 4 heteroatoms. The van der Waals surface area contributed by atoms with Crippen molar-refractivity contribution >= 4 is 11.9 Å². The highest BCUT2D eigenvalue weighted by molar-refractivity contribution is 5.97.